The molecule has 5 nitrogen and oxygen atoms in total. The summed E-state index contributed by atoms with van der Waals surface area (Å²) in [7, 11) is 1.32. The minimum Gasteiger partial charge on any atom is -0.494 e. The minimum atomic E-state index is -4.49. The fourth-order valence-electron chi connectivity index (χ4n) is 2.81. The van der Waals surface area contributed by atoms with E-state index in [0.717, 1.165) is 24.4 Å². The Hall–Kier alpha value is -2.84. The first kappa shape index (κ1) is 18.9. The van der Waals surface area contributed by atoms with Gasteiger partial charge >= 0.3 is 6.18 Å². The third kappa shape index (κ3) is 4.29. The van der Waals surface area contributed by atoms with Gasteiger partial charge in [0.1, 0.15) is 6.10 Å². The summed E-state index contributed by atoms with van der Waals surface area (Å²) >= 11 is 0. The summed E-state index contributed by atoms with van der Waals surface area (Å²) < 4.78 is 62.3. The van der Waals surface area contributed by atoms with Crippen LogP contribution in [0, 0.1) is 5.82 Å². The molecule has 0 N–H and O–H groups in total. The zero-order valence-corrected chi connectivity index (χ0v) is 14.3. The minimum absolute atomic E-state index is 0.0322. The summed E-state index contributed by atoms with van der Waals surface area (Å²) in [6, 6.07) is 5.58. The molecule has 1 aromatic carbocycles. The third-order valence-corrected chi connectivity index (χ3v) is 4.18. The molecule has 3 rings (SSSR count). The van der Waals surface area contributed by atoms with E-state index >= 15 is 0 Å². The first-order valence-corrected chi connectivity index (χ1v) is 8.10. The quantitative estimate of drug-likeness (QED) is 0.757. The fourth-order valence-corrected chi connectivity index (χ4v) is 2.81. The van der Waals surface area contributed by atoms with Gasteiger partial charge in [0.2, 0.25) is 5.88 Å². The van der Waals surface area contributed by atoms with Crippen LogP contribution in [0.3, 0.4) is 0 Å². The van der Waals surface area contributed by atoms with E-state index in [9.17, 15) is 22.4 Å². The van der Waals surface area contributed by atoms with Crippen LogP contribution < -0.4 is 9.47 Å². The van der Waals surface area contributed by atoms with Crippen molar-refractivity contribution in [3.8, 4) is 11.6 Å². The molecule has 1 fully saturated rings. The van der Waals surface area contributed by atoms with Crippen LogP contribution in [0.25, 0.3) is 0 Å². The van der Waals surface area contributed by atoms with Crippen molar-refractivity contribution in [2.75, 3.05) is 20.2 Å². The summed E-state index contributed by atoms with van der Waals surface area (Å²) in [6.07, 6.45) is -3.52. The van der Waals surface area contributed by atoms with Crippen LogP contribution >= 0.6 is 0 Å². The number of pyridine rings is 1. The smallest absolute Gasteiger partial charge is 0.416 e. The maximum absolute atomic E-state index is 13.8. The zero-order valence-electron chi connectivity index (χ0n) is 14.3. The fraction of sp³-hybridized carbons (Fsp3) is 0.333. The lowest BCUT2D eigenvalue weighted by atomic mass is 10.2. The van der Waals surface area contributed by atoms with Crippen LogP contribution in [0.4, 0.5) is 17.6 Å². The predicted octanol–water partition coefficient (Wildman–Crippen LogP) is 3.54. The number of rotatable bonds is 4. The molecular formula is C18H16F4N2O3. The molecule has 0 aliphatic carbocycles. The van der Waals surface area contributed by atoms with Gasteiger partial charge in [-0.05, 0) is 24.3 Å². The average molecular weight is 384 g/mol. The first-order chi connectivity index (χ1) is 12.8. The molecule has 9 heteroatoms. The van der Waals surface area contributed by atoms with Gasteiger partial charge in [-0.2, -0.15) is 13.2 Å². The molecule has 144 valence electrons. The number of halogens is 4. The first-order valence-electron chi connectivity index (χ1n) is 8.10. The molecule has 1 amide bonds. The van der Waals surface area contributed by atoms with E-state index < -0.39 is 23.7 Å². The molecule has 2 aromatic rings. The predicted molar refractivity (Wildman–Crippen MR) is 87.1 cm³/mol. The lowest BCUT2D eigenvalue weighted by Crippen LogP contribution is -2.31. The van der Waals surface area contributed by atoms with Crippen molar-refractivity contribution >= 4 is 5.91 Å². The Balaban J connectivity index is 1.65. The van der Waals surface area contributed by atoms with Crippen molar-refractivity contribution < 1.29 is 31.8 Å². The van der Waals surface area contributed by atoms with Crippen molar-refractivity contribution in [3.63, 3.8) is 0 Å². The summed E-state index contributed by atoms with van der Waals surface area (Å²) in [5, 5.41) is 0. The van der Waals surface area contributed by atoms with Gasteiger partial charge in [-0.15, -0.1) is 0 Å². The summed E-state index contributed by atoms with van der Waals surface area (Å²) in [4.78, 5) is 17.7. The Morgan fingerprint density at radius 3 is 2.70 bits per heavy atom. The number of likely N-dealkylation sites (tertiary alicyclic amines) is 1. The van der Waals surface area contributed by atoms with E-state index in [1.807, 2.05) is 0 Å². The topological polar surface area (TPSA) is 51.7 Å². The zero-order chi connectivity index (χ0) is 19.6. The van der Waals surface area contributed by atoms with Crippen molar-refractivity contribution in [1.82, 2.24) is 9.88 Å². The van der Waals surface area contributed by atoms with Gasteiger partial charge in [0, 0.05) is 30.8 Å². The monoisotopic (exact) mass is 384 g/mol. The van der Waals surface area contributed by atoms with Crippen molar-refractivity contribution in [2.24, 2.45) is 0 Å². The van der Waals surface area contributed by atoms with Crippen molar-refractivity contribution in [1.29, 1.82) is 0 Å². The molecule has 2 heterocycles. The van der Waals surface area contributed by atoms with Gasteiger partial charge in [-0.3, -0.25) is 4.79 Å². The highest BCUT2D eigenvalue weighted by atomic mass is 19.4. The Kier molecular flexibility index (Phi) is 5.20. The Morgan fingerprint density at radius 2 is 2.04 bits per heavy atom. The number of hydrogen-bond acceptors (Lipinski definition) is 4. The van der Waals surface area contributed by atoms with Gasteiger partial charge in [-0.25, -0.2) is 9.37 Å². The number of benzene rings is 1. The van der Waals surface area contributed by atoms with Crippen LogP contribution in [0.15, 0.2) is 36.5 Å². The van der Waals surface area contributed by atoms with Crippen LogP contribution in [0.1, 0.15) is 22.3 Å². The summed E-state index contributed by atoms with van der Waals surface area (Å²) in [5.41, 5.74) is -0.696. The van der Waals surface area contributed by atoms with Crippen LogP contribution in [-0.2, 0) is 6.18 Å². The molecule has 0 saturated carbocycles. The Morgan fingerprint density at radius 1 is 1.26 bits per heavy atom. The lowest BCUT2D eigenvalue weighted by molar-refractivity contribution is -0.137. The summed E-state index contributed by atoms with van der Waals surface area (Å²) in [5.74, 6) is -1.16. The number of hydrogen-bond donors (Lipinski definition) is 0. The maximum Gasteiger partial charge on any atom is 0.416 e. The largest absolute Gasteiger partial charge is 0.494 e. The molecule has 1 aliphatic rings. The number of amides is 1. The maximum atomic E-state index is 13.8. The number of aromatic nitrogens is 1. The van der Waals surface area contributed by atoms with Crippen LogP contribution in [0.5, 0.6) is 11.6 Å². The number of alkyl halides is 3. The van der Waals surface area contributed by atoms with E-state index in [4.69, 9.17) is 9.47 Å². The summed E-state index contributed by atoms with van der Waals surface area (Å²) in [6.45, 7) is 0.514. The third-order valence-electron chi connectivity index (χ3n) is 4.18. The number of carbonyl (C=O) groups excluding carboxylic acids is 1. The van der Waals surface area contributed by atoms with E-state index in [1.54, 1.807) is 0 Å². The molecule has 1 saturated heterocycles. The van der Waals surface area contributed by atoms with E-state index in [2.05, 4.69) is 4.98 Å². The molecule has 1 aromatic heterocycles. The number of ether oxygens (including phenoxy) is 2. The standard InChI is InChI=1S/C18H16F4N2O3/c1-26-15-3-2-11(8-14(15)19)17(25)24-7-5-13(10-24)27-16-9-12(4-6-23-16)18(20,21)22/h2-4,6,8-9,13H,5,7,10H2,1H3. The average Bonchev–Trinajstić information content (AvgIpc) is 3.09. The molecular weight excluding hydrogens is 368 g/mol. The second-order valence-electron chi connectivity index (χ2n) is 6.01. The van der Waals surface area contributed by atoms with E-state index in [-0.39, 0.29) is 29.6 Å². The van der Waals surface area contributed by atoms with E-state index in [1.165, 1.54) is 24.1 Å². The Labute approximate surface area is 152 Å². The molecule has 27 heavy (non-hydrogen) atoms. The molecule has 1 atom stereocenters. The molecule has 0 radical (unpaired) electrons. The highest BCUT2D eigenvalue weighted by molar-refractivity contribution is 5.94. The van der Waals surface area contributed by atoms with Gasteiger partial charge < -0.3 is 14.4 Å². The van der Waals surface area contributed by atoms with Gasteiger partial charge in [0.15, 0.2) is 11.6 Å². The lowest BCUT2D eigenvalue weighted by Gasteiger charge is -2.17. The van der Waals surface area contributed by atoms with Crippen LogP contribution in [0.2, 0.25) is 0 Å². The second kappa shape index (κ2) is 7.42. The second-order valence-corrected chi connectivity index (χ2v) is 6.01. The Bertz CT molecular complexity index is 842. The SMILES string of the molecule is COc1ccc(C(=O)N2CCC(Oc3cc(C(F)(F)F)ccn3)C2)cc1F. The van der Waals surface area contributed by atoms with Crippen molar-refractivity contribution in [3.05, 3.63) is 53.5 Å². The highest BCUT2D eigenvalue weighted by Crippen LogP contribution is 2.31. The van der Waals surface area contributed by atoms with Crippen molar-refractivity contribution in [2.45, 2.75) is 18.7 Å². The molecule has 0 spiro atoms. The van der Waals surface area contributed by atoms with Gasteiger partial charge in [0.05, 0.1) is 19.2 Å². The molecule has 1 aliphatic heterocycles. The normalized spacial score (nSPS) is 17.1. The number of carbonyl (C=O) groups is 1. The molecule has 0 bridgehead atoms. The number of nitrogens with zero attached hydrogens (tertiary/aromatic N) is 2. The van der Waals surface area contributed by atoms with Crippen LogP contribution in [-0.4, -0.2) is 42.1 Å². The van der Waals surface area contributed by atoms with Gasteiger partial charge in [-0.1, -0.05) is 0 Å². The number of methoxy groups -OCH3 is 1. The highest BCUT2D eigenvalue weighted by Gasteiger charge is 2.32. The molecule has 1 unspecified atom stereocenters. The van der Waals surface area contributed by atoms with Gasteiger partial charge in [0.25, 0.3) is 5.91 Å². The van der Waals surface area contributed by atoms with E-state index in [0.29, 0.717) is 13.0 Å².